The van der Waals surface area contributed by atoms with Crippen LogP contribution in [-0.4, -0.2) is 4.21 Å². The van der Waals surface area contributed by atoms with Gasteiger partial charge < -0.3 is 4.18 Å². The van der Waals surface area contributed by atoms with Crippen molar-refractivity contribution in [2.75, 3.05) is 0 Å². The van der Waals surface area contributed by atoms with E-state index in [1.807, 2.05) is 24.3 Å². The van der Waals surface area contributed by atoms with Gasteiger partial charge in [-0.25, -0.2) is 4.21 Å². The average molecular weight is 154 g/mol. The van der Waals surface area contributed by atoms with Crippen LogP contribution >= 0.6 is 0 Å². The first-order chi connectivity index (χ1) is 4.86. The Morgan fingerprint density at radius 2 is 2.20 bits per heavy atom. The van der Waals surface area contributed by atoms with Crippen molar-refractivity contribution in [2.24, 2.45) is 0 Å². The highest BCUT2D eigenvalue weighted by Gasteiger charge is 2.16. The quantitative estimate of drug-likeness (QED) is 0.562. The summed E-state index contributed by atoms with van der Waals surface area (Å²) < 4.78 is 15.8. The molecule has 10 heavy (non-hydrogen) atoms. The monoisotopic (exact) mass is 154 g/mol. The SMILES string of the molecule is O=S1Cc2ccccc2O1. The molecule has 2 nitrogen and oxygen atoms in total. The number of fused-ring (bicyclic) bond motifs is 1. The van der Waals surface area contributed by atoms with Crippen molar-refractivity contribution in [3.8, 4) is 5.75 Å². The summed E-state index contributed by atoms with van der Waals surface area (Å²) in [7, 11) is 0. The van der Waals surface area contributed by atoms with E-state index in [1.54, 1.807) is 0 Å². The predicted octanol–water partition coefficient (Wildman–Crippen LogP) is 1.24. The summed E-state index contributed by atoms with van der Waals surface area (Å²) in [4.78, 5) is 0. The molecule has 1 aromatic carbocycles. The van der Waals surface area contributed by atoms with Gasteiger partial charge in [0.05, 0.1) is 5.75 Å². The van der Waals surface area contributed by atoms with E-state index in [2.05, 4.69) is 0 Å². The van der Waals surface area contributed by atoms with Crippen LogP contribution in [0.1, 0.15) is 5.56 Å². The molecule has 0 N–H and O–H groups in total. The molecule has 1 unspecified atom stereocenters. The molecular formula is C7H6O2S. The molecule has 0 amide bonds. The summed E-state index contributed by atoms with van der Waals surface area (Å²) in [5.41, 5.74) is 1.04. The van der Waals surface area contributed by atoms with Crippen molar-refractivity contribution >= 4 is 11.1 Å². The summed E-state index contributed by atoms with van der Waals surface area (Å²) in [5.74, 6) is 1.30. The Morgan fingerprint density at radius 3 is 3.00 bits per heavy atom. The summed E-state index contributed by atoms with van der Waals surface area (Å²) in [6.45, 7) is 0. The first-order valence-corrected chi connectivity index (χ1v) is 4.25. The summed E-state index contributed by atoms with van der Waals surface area (Å²) in [6, 6.07) is 7.56. The maximum atomic E-state index is 10.8. The fourth-order valence-corrected chi connectivity index (χ4v) is 1.88. The zero-order valence-electron chi connectivity index (χ0n) is 5.24. The second-order valence-electron chi connectivity index (χ2n) is 2.14. The van der Waals surface area contributed by atoms with Crippen LogP contribution in [0, 0.1) is 0 Å². The minimum absolute atomic E-state index is 0.538. The van der Waals surface area contributed by atoms with Crippen LogP contribution in [0.3, 0.4) is 0 Å². The number of rotatable bonds is 0. The Hall–Kier alpha value is -0.830. The van der Waals surface area contributed by atoms with Gasteiger partial charge in [-0.05, 0) is 6.07 Å². The summed E-state index contributed by atoms with van der Waals surface area (Å²) >= 11 is -1.12. The Kier molecular flexibility index (Phi) is 1.24. The highest BCUT2D eigenvalue weighted by atomic mass is 32.2. The Balaban J connectivity index is 2.51. The van der Waals surface area contributed by atoms with E-state index in [-0.39, 0.29) is 0 Å². The highest BCUT2D eigenvalue weighted by Crippen LogP contribution is 2.26. The third-order valence-corrected chi connectivity index (χ3v) is 2.34. The fourth-order valence-electron chi connectivity index (χ4n) is 0.961. The first kappa shape index (κ1) is 5.92. The van der Waals surface area contributed by atoms with Crippen LogP contribution in [0.5, 0.6) is 5.75 Å². The van der Waals surface area contributed by atoms with Crippen molar-refractivity contribution in [3.63, 3.8) is 0 Å². The van der Waals surface area contributed by atoms with Gasteiger partial charge in [-0.1, -0.05) is 18.2 Å². The second-order valence-corrected chi connectivity index (χ2v) is 3.20. The third-order valence-electron chi connectivity index (χ3n) is 1.43. The van der Waals surface area contributed by atoms with Crippen molar-refractivity contribution < 1.29 is 8.39 Å². The maximum absolute atomic E-state index is 10.8. The molecule has 1 heterocycles. The normalized spacial score (nSPS) is 21.8. The van der Waals surface area contributed by atoms with Crippen LogP contribution in [0.4, 0.5) is 0 Å². The Labute approximate surface area is 61.5 Å². The lowest BCUT2D eigenvalue weighted by Crippen LogP contribution is -1.90. The van der Waals surface area contributed by atoms with Gasteiger partial charge in [0, 0.05) is 5.56 Å². The largest absolute Gasteiger partial charge is 0.400 e. The number of hydrogen-bond acceptors (Lipinski definition) is 2. The molecule has 0 fully saturated rings. The van der Waals surface area contributed by atoms with E-state index in [9.17, 15) is 4.21 Å². The lowest BCUT2D eigenvalue weighted by Gasteiger charge is -1.91. The van der Waals surface area contributed by atoms with Crippen molar-refractivity contribution in [1.82, 2.24) is 0 Å². The lowest BCUT2D eigenvalue weighted by atomic mass is 10.2. The standard InChI is InChI=1S/C7H6O2S/c8-10-5-6-3-1-2-4-7(6)9-10/h1-4H,5H2. The molecule has 3 heteroatoms. The minimum atomic E-state index is -1.12. The maximum Gasteiger partial charge on any atom is 0.211 e. The summed E-state index contributed by atoms with van der Waals surface area (Å²) in [5, 5.41) is 0. The molecule has 0 spiro atoms. The molecule has 2 rings (SSSR count). The van der Waals surface area contributed by atoms with Gasteiger partial charge in [0.2, 0.25) is 11.1 Å². The molecule has 0 saturated heterocycles. The van der Waals surface area contributed by atoms with Crippen LogP contribution in [0.2, 0.25) is 0 Å². The van der Waals surface area contributed by atoms with Gasteiger partial charge in [0.15, 0.2) is 0 Å². The first-order valence-electron chi connectivity index (χ1n) is 3.01. The fraction of sp³-hybridized carbons (Fsp3) is 0.143. The van der Waals surface area contributed by atoms with E-state index in [4.69, 9.17) is 4.18 Å². The Morgan fingerprint density at radius 1 is 1.40 bits per heavy atom. The van der Waals surface area contributed by atoms with Gasteiger partial charge >= 0.3 is 0 Å². The smallest absolute Gasteiger partial charge is 0.211 e. The number of benzene rings is 1. The van der Waals surface area contributed by atoms with Crippen LogP contribution in [0.25, 0.3) is 0 Å². The van der Waals surface area contributed by atoms with E-state index < -0.39 is 11.1 Å². The van der Waals surface area contributed by atoms with Crippen LogP contribution in [0.15, 0.2) is 24.3 Å². The third kappa shape index (κ3) is 0.827. The lowest BCUT2D eigenvalue weighted by molar-refractivity contribution is 0.577. The van der Waals surface area contributed by atoms with Gasteiger partial charge in [-0.15, -0.1) is 0 Å². The number of para-hydroxylation sites is 1. The van der Waals surface area contributed by atoms with Crippen molar-refractivity contribution in [2.45, 2.75) is 5.75 Å². The van der Waals surface area contributed by atoms with Crippen molar-refractivity contribution in [3.05, 3.63) is 29.8 Å². The molecule has 0 saturated carbocycles. The zero-order valence-corrected chi connectivity index (χ0v) is 6.06. The zero-order chi connectivity index (χ0) is 6.97. The minimum Gasteiger partial charge on any atom is -0.400 e. The molecule has 1 aromatic rings. The van der Waals surface area contributed by atoms with Crippen LogP contribution in [-0.2, 0) is 16.8 Å². The van der Waals surface area contributed by atoms with E-state index >= 15 is 0 Å². The molecule has 0 bridgehead atoms. The molecule has 52 valence electrons. The predicted molar refractivity (Wildman–Crippen MR) is 38.9 cm³/mol. The van der Waals surface area contributed by atoms with Gasteiger partial charge in [-0.2, -0.15) is 0 Å². The second kappa shape index (κ2) is 2.09. The van der Waals surface area contributed by atoms with Crippen molar-refractivity contribution in [1.29, 1.82) is 0 Å². The molecule has 1 aliphatic heterocycles. The van der Waals surface area contributed by atoms with Gasteiger partial charge in [0.1, 0.15) is 5.75 Å². The Bertz CT molecular complexity index is 256. The highest BCUT2D eigenvalue weighted by molar-refractivity contribution is 7.80. The van der Waals surface area contributed by atoms with E-state index in [0.29, 0.717) is 5.75 Å². The molecule has 0 aliphatic carbocycles. The van der Waals surface area contributed by atoms with Gasteiger partial charge in [0.25, 0.3) is 0 Å². The van der Waals surface area contributed by atoms with Crippen LogP contribution < -0.4 is 4.18 Å². The topological polar surface area (TPSA) is 26.3 Å². The molecule has 1 atom stereocenters. The summed E-state index contributed by atoms with van der Waals surface area (Å²) in [6.07, 6.45) is 0. The molecule has 0 aromatic heterocycles. The average Bonchev–Trinajstić information content (AvgIpc) is 2.27. The van der Waals surface area contributed by atoms with E-state index in [1.165, 1.54) is 0 Å². The molecule has 1 aliphatic rings. The molecule has 0 radical (unpaired) electrons. The van der Waals surface area contributed by atoms with Gasteiger partial charge in [-0.3, -0.25) is 0 Å². The molecular weight excluding hydrogens is 148 g/mol. The van der Waals surface area contributed by atoms with E-state index in [0.717, 1.165) is 11.3 Å². The number of hydrogen-bond donors (Lipinski definition) is 0.